The number of thiol groups is 1. The highest BCUT2D eigenvalue weighted by Crippen LogP contribution is 2.27. The molecule has 1 aliphatic rings. The van der Waals surface area contributed by atoms with E-state index in [4.69, 9.17) is 16.9 Å². The summed E-state index contributed by atoms with van der Waals surface area (Å²) in [5.74, 6) is 0.0335. The topological polar surface area (TPSA) is 44.1 Å². The summed E-state index contributed by atoms with van der Waals surface area (Å²) in [4.78, 5) is 13.3. The second-order valence-electron chi connectivity index (χ2n) is 3.64. The quantitative estimate of drug-likeness (QED) is 0.779. The van der Waals surface area contributed by atoms with Gasteiger partial charge < -0.3 is 4.90 Å². The molecule has 1 unspecified atom stereocenters. The Morgan fingerprint density at radius 1 is 1.56 bits per heavy atom. The molecule has 0 radical (unpaired) electrons. The summed E-state index contributed by atoms with van der Waals surface area (Å²) < 4.78 is 0. The lowest BCUT2D eigenvalue weighted by atomic mass is 10.2. The molecule has 1 saturated heterocycles. The summed E-state index contributed by atoms with van der Waals surface area (Å²) in [6.45, 7) is 0.578. The zero-order valence-corrected chi connectivity index (χ0v) is 10.0. The molecule has 0 spiro atoms. The van der Waals surface area contributed by atoms with Gasteiger partial charge in [0, 0.05) is 23.9 Å². The van der Waals surface area contributed by atoms with Crippen molar-refractivity contribution in [2.45, 2.75) is 11.7 Å². The SMILES string of the molecule is N#Cc1cc(N2CC(S)CC2=O)ccc1Cl. The van der Waals surface area contributed by atoms with Crippen LogP contribution < -0.4 is 4.90 Å². The standard InChI is InChI=1S/C11H9ClN2OS/c12-10-2-1-8(3-7(10)5-13)14-6-9(16)4-11(14)15/h1-3,9,16H,4,6H2. The predicted molar refractivity (Wildman–Crippen MR) is 65.9 cm³/mol. The number of amides is 1. The van der Waals surface area contributed by atoms with E-state index in [0.29, 0.717) is 29.2 Å². The normalized spacial score (nSPS) is 19.9. The second-order valence-corrected chi connectivity index (χ2v) is 4.78. The molecule has 0 N–H and O–H groups in total. The largest absolute Gasteiger partial charge is 0.311 e. The molecule has 16 heavy (non-hydrogen) atoms. The van der Waals surface area contributed by atoms with Crippen molar-refractivity contribution in [2.75, 3.05) is 11.4 Å². The van der Waals surface area contributed by atoms with Gasteiger partial charge in [0.2, 0.25) is 5.91 Å². The number of benzene rings is 1. The van der Waals surface area contributed by atoms with Crippen LogP contribution in [0.1, 0.15) is 12.0 Å². The van der Waals surface area contributed by atoms with Crippen molar-refractivity contribution in [1.29, 1.82) is 5.26 Å². The second kappa shape index (κ2) is 4.36. The van der Waals surface area contributed by atoms with Crippen molar-refractivity contribution in [3.8, 4) is 6.07 Å². The predicted octanol–water partition coefficient (Wildman–Crippen LogP) is 2.25. The third kappa shape index (κ3) is 2.01. The molecule has 2 rings (SSSR count). The Bertz CT molecular complexity index is 483. The van der Waals surface area contributed by atoms with Gasteiger partial charge in [-0.15, -0.1) is 0 Å². The highest BCUT2D eigenvalue weighted by molar-refractivity contribution is 7.81. The van der Waals surface area contributed by atoms with E-state index in [0.717, 1.165) is 0 Å². The lowest BCUT2D eigenvalue weighted by Gasteiger charge is -2.16. The monoisotopic (exact) mass is 252 g/mol. The fourth-order valence-corrected chi connectivity index (χ4v) is 2.18. The number of nitriles is 1. The lowest BCUT2D eigenvalue weighted by molar-refractivity contribution is -0.117. The number of anilines is 1. The van der Waals surface area contributed by atoms with Crippen LogP contribution in [0.4, 0.5) is 5.69 Å². The van der Waals surface area contributed by atoms with E-state index >= 15 is 0 Å². The minimum absolute atomic E-state index is 0.0335. The van der Waals surface area contributed by atoms with Gasteiger partial charge in [0.25, 0.3) is 0 Å². The van der Waals surface area contributed by atoms with Crippen molar-refractivity contribution in [1.82, 2.24) is 0 Å². The van der Waals surface area contributed by atoms with Crippen LogP contribution in [-0.2, 0) is 4.79 Å². The van der Waals surface area contributed by atoms with Crippen LogP contribution in [-0.4, -0.2) is 17.7 Å². The molecular weight excluding hydrogens is 244 g/mol. The molecular formula is C11H9ClN2OS. The Labute approximate surface area is 104 Å². The van der Waals surface area contributed by atoms with Crippen molar-refractivity contribution >= 4 is 35.8 Å². The molecule has 0 saturated carbocycles. The Balaban J connectivity index is 2.35. The van der Waals surface area contributed by atoms with Crippen molar-refractivity contribution in [3.63, 3.8) is 0 Å². The number of hydrogen-bond donors (Lipinski definition) is 1. The van der Waals surface area contributed by atoms with E-state index in [1.54, 1.807) is 23.1 Å². The van der Waals surface area contributed by atoms with E-state index in [1.165, 1.54) is 0 Å². The van der Waals surface area contributed by atoms with Gasteiger partial charge in [-0.05, 0) is 18.2 Å². The molecule has 1 aliphatic heterocycles. The van der Waals surface area contributed by atoms with Crippen LogP contribution in [0, 0.1) is 11.3 Å². The summed E-state index contributed by atoms with van der Waals surface area (Å²) in [6.07, 6.45) is 0.438. The average Bonchev–Trinajstić information content (AvgIpc) is 2.59. The highest BCUT2D eigenvalue weighted by Gasteiger charge is 2.28. The first-order valence-electron chi connectivity index (χ1n) is 4.80. The van der Waals surface area contributed by atoms with Crippen LogP contribution in [0.3, 0.4) is 0 Å². The number of halogens is 1. The maximum atomic E-state index is 11.6. The summed E-state index contributed by atoms with van der Waals surface area (Å²) in [6, 6.07) is 7.00. The number of carbonyl (C=O) groups excluding carboxylic acids is 1. The zero-order valence-electron chi connectivity index (χ0n) is 8.35. The van der Waals surface area contributed by atoms with Crippen LogP contribution in [0.2, 0.25) is 5.02 Å². The van der Waals surface area contributed by atoms with Gasteiger partial charge in [0.1, 0.15) is 6.07 Å². The third-order valence-electron chi connectivity index (χ3n) is 2.49. The van der Waals surface area contributed by atoms with Crippen LogP contribution in [0.15, 0.2) is 18.2 Å². The minimum atomic E-state index is 0.0335. The van der Waals surface area contributed by atoms with E-state index in [2.05, 4.69) is 12.6 Å². The molecule has 1 aromatic rings. The van der Waals surface area contributed by atoms with Gasteiger partial charge in [-0.1, -0.05) is 11.6 Å². The molecule has 1 heterocycles. The molecule has 3 nitrogen and oxygen atoms in total. The number of carbonyl (C=O) groups is 1. The van der Waals surface area contributed by atoms with Gasteiger partial charge in [0.15, 0.2) is 0 Å². The highest BCUT2D eigenvalue weighted by atomic mass is 35.5. The number of rotatable bonds is 1. The summed E-state index contributed by atoms with van der Waals surface area (Å²) >= 11 is 10.1. The maximum Gasteiger partial charge on any atom is 0.228 e. The van der Waals surface area contributed by atoms with Crippen molar-refractivity contribution < 1.29 is 4.79 Å². The third-order valence-corrected chi connectivity index (χ3v) is 3.16. The molecule has 0 bridgehead atoms. The summed E-state index contributed by atoms with van der Waals surface area (Å²) in [7, 11) is 0. The van der Waals surface area contributed by atoms with E-state index in [-0.39, 0.29) is 11.2 Å². The van der Waals surface area contributed by atoms with E-state index in [9.17, 15) is 4.79 Å². The summed E-state index contributed by atoms with van der Waals surface area (Å²) in [5.41, 5.74) is 1.09. The Morgan fingerprint density at radius 3 is 2.88 bits per heavy atom. The fraction of sp³-hybridized carbons (Fsp3) is 0.273. The number of hydrogen-bond acceptors (Lipinski definition) is 3. The van der Waals surface area contributed by atoms with E-state index < -0.39 is 0 Å². The van der Waals surface area contributed by atoms with Crippen LogP contribution in [0.25, 0.3) is 0 Å². The number of nitrogens with zero attached hydrogens (tertiary/aromatic N) is 2. The lowest BCUT2D eigenvalue weighted by Crippen LogP contribution is -2.24. The molecule has 0 aliphatic carbocycles. The maximum absolute atomic E-state index is 11.6. The molecule has 1 amide bonds. The van der Waals surface area contributed by atoms with Crippen molar-refractivity contribution in [3.05, 3.63) is 28.8 Å². The average molecular weight is 253 g/mol. The first-order valence-corrected chi connectivity index (χ1v) is 5.69. The Hall–Kier alpha value is -1.18. The van der Waals surface area contributed by atoms with Crippen LogP contribution >= 0.6 is 24.2 Å². The fourth-order valence-electron chi connectivity index (χ4n) is 1.71. The Morgan fingerprint density at radius 2 is 2.31 bits per heavy atom. The molecule has 1 aromatic carbocycles. The van der Waals surface area contributed by atoms with Gasteiger partial charge in [0.05, 0.1) is 10.6 Å². The first-order chi connectivity index (χ1) is 7.61. The molecule has 5 heteroatoms. The van der Waals surface area contributed by atoms with Gasteiger partial charge >= 0.3 is 0 Å². The van der Waals surface area contributed by atoms with Gasteiger partial charge in [-0.3, -0.25) is 4.79 Å². The van der Waals surface area contributed by atoms with E-state index in [1.807, 2.05) is 6.07 Å². The van der Waals surface area contributed by atoms with Gasteiger partial charge in [-0.25, -0.2) is 0 Å². The molecule has 1 atom stereocenters. The molecule has 82 valence electrons. The minimum Gasteiger partial charge on any atom is -0.311 e. The van der Waals surface area contributed by atoms with Crippen LogP contribution in [0.5, 0.6) is 0 Å². The zero-order chi connectivity index (χ0) is 11.7. The summed E-state index contributed by atoms with van der Waals surface area (Å²) in [5, 5.41) is 9.32. The van der Waals surface area contributed by atoms with Gasteiger partial charge in [-0.2, -0.15) is 17.9 Å². The molecule has 1 fully saturated rings. The Kier molecular flexibility index (Phi) is 3.08. The van der Waals surface area contributed by atoms with Crippen molar-refractivity contribution in [2.24, 2.45) is 0 Å². The smallest absolute Gasteiger partial charge is 0.228 e. The first kappa shape index (κ1) is 11.3. The molecule has 0 aromatic heterocycles.